The molecule has 5 heteroatoms. The van der Waals surface area contributed by atoms with E-state index in [-0.39, 0.29) is 0 Å². The lowest BCUT2D eigenvalue weighted by Gasteiger charge is -2.14. The van der Waals surface area contributed by atoms with Crippen LogP contribution >= 0.6 is 15.9 Å². The van der Waals surface area contributed by atoms with Crippen LogP contribution in [0.15, 0.2) is 28.7 Å². The molecule has 0 spiro atoms. The van der Waals surface area contributed by atoms with E-state index in [1.807, 2.05) is 35.9 Å². The molecule has 21 heavy (non-hydrogen) atoms. The van der Waals surface area contributed by atoms with Crippen molar-refractivity contribution in [2.45, 2.75) is 39.3 Å². The maximum absolute atomic E-state index is 10.6. The predicted octanol–water partition coefficient (Wildman–Crippen LogP) is 3.51. The maximum Gasteiger partial charge on any atom is 0.119 e. The molecule has 0 saturated carbocycles. The highest BCUT2D eigenvalue weighted by Gasteiger charge is 2.17. The second-order valence-corrected chi connectivity index (χ2v) is 5.76. The standard InChI is InChI=1S/C16H21BrN2O2/c1-4-12-10-15(19(5-2)18-12)16(20)9-11-8-13(21-3)6-7-14(11)17/h6-8,10,16,20H,4-5,9H2,1-3H3. The van der Waals surface area contributed by atoms with Crippen molar-refractivity contribution in [2.24, 2.45) is 0 Å². The van der Waals surface area contributed by atoms with E-state index in [0.717, 1.165) is 40.1 Å². The number of ether oxygens (including phenoxy) is 1. The number of aryl methyl sites for hydroxylation is 2. The van der Waals surface area contributed by atoms with Gasteiger partial charge in [-0.2, -0.15) is 5.10 Å². The molecule has 1 unspecified atom stereocenters. The number of aliphatic hydroxyl groups excluding tert-OH is 1. The number of benzene rings is 1. The Bertz CT molecular complexity index is 610. The number of aliphatic hydroxyl groups is 1. The van der Waals surface area contributed by atoms with Gasteiger partial charge in [0.1, 0.15) is 5.75 Å². The van der Waals surface area contributed by atoms with E-state index in [9.17, 15) is 5.11 Å². The molecule has 114 valence electrons. The summed E-state index contributed by atoms with van der Waals surface area (Å²) in [5.74, 6) is 0.790. The van der Waals surface area contributed by atoms with Crippen molar-refractivity contribution >= 4 is 15.9 Å². The van der Waals surface area contributed by atoms with Crippen molar-refractivity contribution in [3.05, 3.63) is 45.7 Å². The molecular formula is C16H21BrN2O2. The minimum absolute atomic E-state index is 0.520. The zero-order chi connectivity index (χ0) is 15.4. The van der Waals surface area contributed by atoms with E-state index in [2.05, 4.69) is 28.0 Å². The van der Waals surface area contributed by atoms with Crippen LogP contribution in [0.3, 0.4) is 0 Å². The lowest BCUT2D eigenvalue weighted by Crippen LogP contribution is -2.10. The quantitative estimate of drug-likeness (QED) is 0.865. The van der Waals surface area contributed by atoms with Crippen LogP contribution in [0.2, 0.25) is 0 Å². The highest BCUT2D eigenvalue weighted by molar-refractivity contribution is 9.10. The summed E-state index contributed by atoms with van der Waals surface area (Å²) < 4.78 is 8.09. The van der Waals surface area contributed by atoms with E-state index >= 15 is 0 Å². The first kappa shape index (κ1) is 16.0. The Morgan fingerprint density at radius 2 is 2.10 bits per heavy atom. The van der Waals surface area contributed by atoms with E-state index in [1.165, 1.54) is 0 Å². The van der Waals surface area contributed by atoms with Crippen molar-refractivity contribution < 1.29 is 9.84 Å². The third-order valence-electron chi connectivity index (χ3n) is 3.53. The highest BCUT2D eigenvalue weighted by Crippen LogP contribution is 2.27. The predicted molar refractivity (Wildman–Crippen MR) is 86.6 cm³/mol. The van der Waals surface area contributed by atoms with Gasteiger partial charge in [-0.05, 0) is 43.2 Å². The second kappa shape index (κ2) is 7.09. The van der Waals surface area contributed by atoms with Crippen molar-refractivity contribution in [1.82, 2.24) is 9.78 Å². The Morgan fingerprint density at radius 3 is 2.71 bits per heavy atom. The van der Waals surface area contributed by atoms with Crippen LogP contribution < -0.4 is 4.74 Å². The second-order valence-electron chi connectivity index (χ2n) is 4.91. The summed E-state index contributed by atoms with van der Waals surface area (Å²) in [4.78, 5) is 0. The van der Waals surface area contributed by atoms with Crippen LogP contribution in [0.4, 0.5) is 0 Å². The lowest BCUT2D eigenvalue weighted by atomic mass is 10.0. The van der Waals surface area contributed by atoms with E-state index in [4.69, 9.17) is 4.74 Å². The minimum Gasteiger partial charge on any atom is -0.497 e. The fourth-order valence-corrected chi connectivity index (χ4v) is 2.74. The smallest absolute Gasteiger partial charge is 0.119 e. The number of methoxy groups -OCH3 is 1. The molecule has 0 radical (unpaired) electrons. The van der Waals surface area contributed by atoms with Crippen molar-refractivity contribution in [1.29, 1.82) is 0 Å². The van der Waals surface area contributed by atoms with Crippen molar-refractivity contribution in [3.63, 3.8) is 0 Å². The van der Waals surface area contributed by atoms with Gasteiger partial charge in [-0.15, -0.1) is 0 Å². The molecule has 0 aliphatic carbocycles. The van der Waals surface area contributed by atoms with Crippen molar-refractivity contribution in [2.75, 3.05) is 7.11 Å². The summed E-state index contributed by atoms with van der Waals surface area (Å²) in [6.07, 6.45) is 0.809. The molecule has 2 rings (SSSR count). The normalized spacial score (nSPS) is 12.4. The Labute approximate surface area is 133 Å². The van der Waals surface area contributed by atoms with Gasteiger partial charge in [0.2, 0.25) is 0 Å². The molecule has 2 aromatic rings. The van der Waals surface area contributed by atoms with Gasteiger partial charge in [0.05, 0.1) is 24.6 Å². The molecule has 1 aromatic heterocycles. The van der Waals surface area contributed by atoms with Crippen LogP contribution in [-0.2, 0) is 19.4 Å². The molecule has 0 amide bonds. The summed E-state index contributed by atoms with van der Waals surface area (Å²) >= 11 is 3.53. The largest absolute Gasteiger partial charge is 0.497 e. The van der Waals surface area contributed by atoms with Gasteiger partial charge < -0.3 is 9.84 Å². The number of nitrogens with zero attached hydrogens (tertiary/aromatic N) is 2. The first-order valence-electron chi connectivity index (χ1n) is 7.16. The fraction of sp³-hybridized carbons (Fsp3) is 0.438. The molecule has 1 N–H and O–H groups in total. The number of halogens is 1. The lowest BCUT2D eigenvalue weighted by molar-refractivity contribution is 0.167. The number of hydrogen-bond donors (Lipinski definition) is 1. The highest BCUT2D eigenvalue weighted by atomic mass is 79.9. The third-order valence-corrected chi connectivity index (χ3v) is 4.30. The first-order chi connectivity index (χ1) is 10.1. The van der Waals surface area contributed by atoms with Gasteiger partial charge in [-0.3, -0.25) is 4.68 Å². The van der Waals surface area contributed by atoms with Crippen LogP contribution in [0.1, 0.15) is 36.9 Å². The number of hydrogen-bond acceptors (Lipinski definition) is 3. The Balaban J connectivity index is 2.25. The van der Waals surface area contributed by atoms with Gasteiger partial charge in [0, 0.05) is 17.4 Å². The van der Waals surface area contributed by atoms with Gasteiger partial charge in [0.25, 0.3) is 0 Å². The maximum atomic E-state index is 10.6. The molecule has 0 fully saturated rings. The first-order valence-corrected chi connectivity index (χ1v) is 7.95. The number of rotatable bonds is 6. The van der Waals surface area contributed by atoms with Gasteiger partial charge >= 0.3 is 0 Å². The van der Waals surface area contributed by atoms with Crippen molar-refractivity contribution in [3.8, 4) is 5.75 Å². The molecule has 0 bridgehead atoms. The van der Waals surface area contributed by atoms with E-state index < -0.39 is 6.10 Å². The van der Waals surface area contributed by atoms with Crippen LogP contribution in [0.5, 0.6) is 5.75 Å². The van der Waals surface area contributed by atoms with E-state index in [0.29, 0.717) is 6.42 Å². The van der Waals surface area contributed by atoms with Crippen LogP contribution in [-0.4, -0.2) is 22.0 Å². The molecule has 1 aromatic carbocycles. The Kier molecular flexibility index (Phi) is 5.42. The SMILES string of the molecule is CCc1cc(C(O)Cc2cc(OC)ccc2Br)n(CC)n1. The summed E-state index contributed by atoms with van der Waals surface area (Å²) in [6, 6.07) is 7.77. The average molecular weight is 353 g/mol. The zero-order valence-electron chi connectivity index (χ0n) is 12.6. The molecular weight excluding hydrogens is 332 g/mol. The zero-order valence-corrected chi connectivity index (χ0v) is 14.2. The summed E-state index contributed by atoms with van der Waals surface area (Å²) in [6.45, 7) is 4.85. The monoisotopic (exact) mass is 352 g/mol. The molecule has 0 aliphatic rings. The van der Waals surface area contributed by atoms with Gasteiger partial charge in [-0.25, -0.2) is 0 Å². The molecule has 0 aliphatic heterocycles. The molecule has 0 saturated heterocycles. The molecule has 1 atom stereocenters. The summed E-state index contributed by atoms with van der Waals surface area (Å²) in [5, 5.41) is 15.0. The third kappa shape index (κ3) is 3.66. The number of aromatic nitrogens is 2. The minimum atomic E-state index is -0.582. The summed E-state index contributed by atoms with van der Waals surface area (Å²) in [7, 11) is 1.64. The summed E-state index contributed by atoms with van der Waals surface area (Å²) in [5.41, 5.74) is 2.89. The van der Waals surface area contributed by atoms with Gasteiger partial charge in [-0.1, -0.05) is 22.9 Å². The Hall–Kier alpha value is -1.33. The van der Waals surface area contributed by atoms with Crippen LogP contribution in [0.25, 0.3) is 0 Å². The molecule has 1 heterocycles. The Morgan fingerprint density at radius 1 is 1.33 bits per heavy atom. The fourth-order valence-electron chi connectivity index (χ4n) is 2.33. The van der Waals surface area contributed by atoms with E-state index in [1.54, 1.807) is 7.11 Å². The average Bonchev–Trinajstić information content (AvgIpc) is 2.93. The molecule has 4 nitrogen and oxygen atoms in total. The topological polar surface area (TPSA) is 47.3 Å². The van der Waals surface area contributed by atoms with Gasteiger partial charge in [0.15, 0.2) is 0 Å². The van der Waals surface area contributed by atoms with Crippen LogP contribution in [0, 0.1) is 0 Å².